The van der Waals surface area contributed by atoms with Gasteiger partial charge in [-0.05, 0) is 76.7 Å². The van der Waals surface area contributed by atoms with Crippen molar-refractivity contribution in [2.24, 2.45) is 0 Å². The van der Waals surface area contributed by atoms with Gasteiger partial charge in [-0.15, -0.1) is 0 Å². The van der Waals surface area contributed by atoms with Gasteiger partial charge in [0.05, 0.1) is 33.8 Å². The highest BCUT2D eigenvalue weighted by Crippen LogP contribution is 2.43. The molecule has 0 aromatic rings. The van der Waals surface area contributed by atoms with E-state index in [0.717, 1.165) is 109 Å². The molecule has 10 heteroatoms. The quantitative estimate of drug-likeness (QED) is 0.0205. The molecule has 9 nitrogen and oxygen atoms in total. The normalized spacial score (nSPS) is 14.1. The summed E-state index contributed by atoms with van der Waals surface area (Å²) in [4.78, 5) is 37.8. The van der Waals surface area contributed by atoms with E-state index in [9.17, 15) is 19.0 Å². The fourth-order valence-corrected chi connectivity index (χ4v) is 9.94. The third-order valence-electron chi connectivity index (χ3n) is 14.2. The van der Waals surface area contributed by atoms with Gasteiger partial charge in [-0.3, -0.25) is 18.6 Å². The number of quaternary nitrogens is 1. The van der Waals surface area contributed by atoms with Crippen LogP contribution in [0.3, 0.4) is 0 Å². The SMILES string of the molecule is CC/C=C\C/C=C\C/C=C\C/C=C\C/C=C\CCCCCCCC(=O)NC(COP(=O)(O)OCC[N+](C)(C)C)C(/C=C/CCCCCCCCCCCCC)OC(=O)CCCCCCCCCCCCCCCCCCC. The molecule has 2 N–H and O–H groups in total. The molecule has 0 bridgehead atoms. The second-order valence-electron chi connectivity index (χ2n) is 22.9. The highest BCUT2D eigenvalue weighted by Gasteiger charge is 2.30. The van der Waals surface area contributed by atoms with Crippen LogP contribution in [0, 0.1) is 0 Å². The second kappa shape index (κ2) is 56.7. The molecule has 0 aromatic heterocycles. The van der Waals surface area contributed by atoms with E-state index < -0.39 is 20.0 Å². The molecular weight excluding hydrogens is 976 g/mol. The monoisotopic (exact) mass is 1100 g/mol. The maximum Gasteiger partial charge on any atom is 0.472 e. The molecule has 0 aromatic carbocycles. The summed E-state index contributed by atoms with van der Waals surface area (Å²) in [7, 11) is 1.48. The molecule has 0 saturated carbocycles. The van der Waals surface area contributed by atoms with Crippen LogP contribution in [0.15, 0.2) is 72.9 Å². The van der Waals surface area contributed by atoms with Gasteiger partial charge in [-0.25, -0.2) is 4.57 Å². The number of nitrogens with zero attached hydrogens (tertiary/aromatic N) is 1. The molecule has 0 aliphatic rings. The van der Waals surface area contributed by atoms with Gasteiger partial charge in [-0.2, -0.15) is 0 Å². The Labute approximate surface area is 476 Å². The Morgan fingerprint density at radius 2 is 0.831 bits per heavy atom. The molecule has 0 radical (unpaired) electrons. The van der Waals surface area contributed by atoms with Crippen molar-refractivity contribution in [3.05, 3.63) is 72.9 Å². The van der Waals surface area contributed by atoms with Crippen molar-refractivity contribution in [3.63, 3.8) is 0 Å². The number of esters is 1. The van der Waals surface area contributed by atoms with Gasteiger partial charge in [0, 0.05) is 12.8 Å². The summed E-state index contributed by atoms with van der Waals surface area (Å²) in [5.41, 5.74) is 0. The topological polar surface area (TPSA) is 111 Å². The standard InChI is InChI=1S/C67H123N2O7P/c1-7-10-13-16-19-22-25-28-30-32-33-34-35-37-38-41-44-47-50-53-56-59-66(70)68-64(63-75-77(72,73)74-62-61-69(4,5)6)65(58-55-52-49-46-43-40-27-24-21-18-15-12-9-3)76-67(71)60-57-54-51-48-45-42-39-36-31-29-26-23-20-17-14-11-8-2/h10,13,19,22,28,30,33-34,37-38,55,58,64-65H,7-9,11-12,14-18,20-21,23-27,29,31-32,35-36,39-54,56-57,59-63H2,1-6H3,(H-,68,70,72,73)/p+1/b13-10-,22-19-,30-28-,34-33-,38-37-,58-55+. The van der Waals surface area contributed by atoms with Crippen molar-refractivity contribution >= 4 is 19.7 Å². The number of unbranched alkanes of at least 4 members (excludes halogenated alkanes) is 32. The van der Waals surface area contributed by atoms with Crippen molar-refractivity contribution in [3.8, 4) is 0 Å². The van der Waals surface area contributed by atoms with Gasteiger partial charge in [-0.1, -0.05) is 274 Å². The lowest BCUT2D eigenvalue weighted by atomic mass is 10.0. The van der Waals surface area contributed by atoms with Gasteiger partial charge < -0.3 is 19.4 Å². The number of hydrogen-bond acceptors (Lipinski definition) is 6. The minimum Gasteiger partial charge on any atom is -0.456 e. The molecule has 0 spiro atoms. The number of carbonyl (C=O) groups excluding carboxylic acids is 2. The van der Waals surface area contributed by atoms with E-state index in [1.807, 2.05) is 33.3 Å². The van der Waals surface area contributed by atoms with Crippen molar-refractivity contribution in [2.45, 2.75) is 303 Å². The van der Waals surface area contributed by atoms with Crippen LogP contribution in [0.4, 0.5) is 0 Å². The first-order chi connectivity index (χ1) is 37.4. The maximum atomic E-state index is 13.6. The zero-order valence-corrected chi connectivity index (χ0v) is 52.1. The van der Waals surface area contributed by atoms with Crippen LogP contribution in [0.5, 0.6) is 0 Å². The van der Waals surface area contributed by atoms with Crippen LogP contribution in [-0.4, -0.2) is 74.3 Å². The Morgan fingerprint density at radius 3 is 1.25 bits per heavy atom. The van der Waals surface area contributed by atoms with Gasteiger partial charge in [0.1, 0.15) is 19.3 Å². The summed E-state index contributed by atoms with van der Waals surface area (Å²) in [5.74, 6) is -0.519. The van der Waals surface area contributed by atoms with Crippen LogP contribution >= 0.6 is 7.82 Å². The Balaban J connectivity index is 5.28. The van der Waals surface area contributed by atoms with E-state index >= 15 is 0 Å². The summed E-state index contributed by atoms with van der Waals surface area (Å²) >= 11 is 0. The van der Waals surface area contributed by atoms with Crippen molar-refractivity contribution in [1.29, 1.82) is 0 Å². The summed E-state index contributed by atoms with van der Waals surface area (Å²) < 4.78 is 30.7. The molecule has 448 valence electrons. The average molecular weight is 1100 g/mol. The zero-order valence-electron chi connectivity index (χ0n) is 51.2. The smallest absolute Gasteiger partial charge is 0.456 e. The van der Waals surface area contributed by atoms with Gasteiger partial charge in [0.2, 0.25) is 5.91 Å². The van der Waals surface area contributed by atoms with Crippen molar-refractivity contribution < 1.29 is 37.3 Å². The van der Waals surface area contributed by atoms with Gasteiger partial charge in [0.25, 0.3) is 0 Å². The van der Waals surface area contributed by atoms with Gasteiger partial charge in [0.15, 0.2) is 0 Å². The number of phosphoric ester groups is 1. The van der Waals surface area contributed by atoms with Crippen LogP contribution in [0.1, 0.15) is 290 Å². The van der Waals surface area contributed by atoms with Crippen molar-refractivity contribution in [1.82, 2.24) is 5.32 Å². The van der Waals surface area contributed by atoms with E-state index in [2.05, 4.69) is 86.8 Å². The Kier molecular flexibility index (Phi) is 54.8. The van der Waals surface area contributed by atoms with Gasteiger partial charge >= 0.3 is 13.8 Å². The molecule has 3 unspecified atom stereocenters. The Hall–Kier alpha value is -2.55. The molecule has 1 amide bonds. The fourth-order valence-electron chi connectivity index (χ4n) is 9.20. The van der Waals surface area contributed by atoms with E-state index in [0.29, 0.717) is 17.4 Å². The number of phosphoric acid groups is 1. The number of carbonyl (C=O) groups is 2. The number of nitrogens with one attached hydrogen (secondary N) is 1. The highest BCUT2D eigenvalue weighted by atomic mass is 31.2. The first kappa shape index (κ1) is 74.5. The lowest BCUT2D eigenvalue weighted by Crippen LogP contribution is -2.47. The number of likely N-dealkylation sites (N-methyl/N-ethyl adjacent to an activating group) is 1. The predicted molar refractivity (Wildman–Crippen MR) is 332 cm³/mol. The number of rotatable bonds is 58. The number of amides is 1. The molecule has 0 saturated heterocycles. The van der Waals surface area contributed by atoms with Crippen molar-refractivity contribution in [2.75, 3.05) is 40.9 Å². The van der Waals surface area contributed by atoms with Crippen LogP contribution in [0.2, 0.25) is 0 Å². The van der Waals surface area contributed by atoms with Crippen LogP contribution in [-0.2, 0) is 27.9 Å². The fraction of sp³-hybridized carbons (Fsp3) is 0.791. The average Bonchev–Trinajstić information content (AvgIpc) is 3.39. The Bertz CT molecular complexity index is 1550. The third kappa shape index (κ3) is 57.9. The lowest BCUT2D eigenvalue weighted by Gasteiger charge is -2.27. The van der Waals surface area contributed by atoms with E-state index in [-0.39, 0.29) is 31.5 Å². The Morgan fingerprint density at radius 1 is 0.468 bits per heavy atom. The number of allylic oxidation sites excluding steroid dienone is 11. The molecule has 0 aliphatic heterocycles. The number of ether oxygens (including phenoxy) is 1. The second-order valence-corrected chi connectivity index (χ2v) is 24.4. The zero-order chi connectivity index (χ0) is 56.4. The predicted octanol–water partition coefficient (Wildman–Crippen LogP) is 20.0. The first-order valence-corrected chi connectivity index (χ1v) is 33.8. The lowest BCUT2D eigenvalue weighted by molar-refractivity contribution is -0.870. The molecule has 77 heavy (non-hydrogen) atoms. The maximum absolute atomic E-state index is 13.6. The first-order valence-electron chi connectivity index (χ1n) is 32.3. The van der Waals surface area contributed by atoms with Crippen LogP contribution < -0.4 is 5.32 Å². The van der Waals surface area contributed by atoms with E-state index in [1.165, 1.54) is 148 Å². The van der Waals surface area contributed by atoms with E-state index in [1.54, 1.807) is 0 Å². The van der Waals surface area contributed by atoms with E-state index in [4.69, 9.17) is 13.8 Å². The summed E-state index contributed by atoms with van der Waals surface area (Å²) in [6, 6.07) is -0.860. The summed E-state index contributed by atoms with van der Waals surface area (Å²) in [5, 5.41) is 3.05. The van der Waals surface area contributed by atoms with Crippen LogP contribution in [0.25, 0.3) is 0 Å². The molecule has 0 aliphatic carbocycles. The largest absolute Gasteiger partial charge is 0.472 e. The third-order valence-corrected chi connectivity index (χ3v) is 15.1. The minimum atomic E-state index is -4.46. The summed E-state index contributed by atoms with van der Waals surface area (Å²) in [6.45, 7) is 6.91. The molecular formula is C67H124N2O7P+. The minimum absolute atomic E-state index is 0.0350. The summed E-state index contributed by atoms with van der Waals surface area (Å²) in [6.07, 6.45) is 73.2. The molecule has 3 atom stereocenters. The molecule has 0 heterocycles. The molecule has 0 rings (SSSR count). The number of hydrogen-bond donors (Lipinski definition) is 2. The highest BCUT2D eigenvalue weighted by molar-refractivity contribution is 7.47. The molecule has 0 fully saturated rings.